The lowest BCUT2D eigenvalue weighted by atomic mass is 10.1. The molecular formula is C17H29FN2O. The van der Waals surface area contributed by atoms with Crippen LogP contribution in [0.2, 0.25) is 0 Å². The molecule has 0 heterocycles. The second-order valence-electron chi connectivity index (χ2n) is 4.88. The lowest BCUT2D eigenvalue weighted by Gasteiger charge is -2.05. The Labute approximate surface area is 128 Å². The maximum absolute atomic E-state index is 12.7. The number of halogens is 1. The van der Waals surface area contributed by atoms with Crippen molar-refractivity contribution in [2.75, 3.05) is 13.6 Å². The molecule has 4 heteroatoms. The molecule has 0 aliphatic rings. The van der Waals surface area contributed by atoms with Crippen LogP contribution in [0.25, 0.3) is 0 Å². The van der Waals surface area contributed by atoms with Gasteiger partial charge in [0.15, 0.2) is 0 Å². The van der Waals surface area contributed by atoms with Gasteiger partial charge in [0.05, 0.1) is 0 Å². The number of unbranched alkanes of at least 4 members (excludes halogenated alkanes) is 6. The van der Waals surface area contributed by atoms with E-state index in [0.717, 1.165) is 12.8 Å². The SMILES string of the molecule is CCCCCCCCCNC(=O)c1ccc(F)cc1.CN. The Morgan fingerprint density at radius 1 is 1.00 bits per heavy atom. The first-order chi connectivity index (χ1) is 10.2. The fraction of sp³-hybridized carbons (Fsp3) is 0.588. The molecule has 3 N–H and O–H groups in total. The maximum Gasteiger partial charge on any atom is 0.251 e. The number of nitrogens with two attached hydrogens (primary N) is 1. The minimum absolute atomic E-state index is 0.119. The molecule has 0 atom stereocenters. The van der Waals surface area contributed by atoms with Gasteiger partial charge in [0.2, 0.25) is 0 Å². The van der Waals surface area contributed by atoms with Crippen molar-refractivity contribution in [3.05, 3.63) is 35.6 Å². The Bertz CT molecular complexity index is 366. The van der Waals surface area contributed by atoms with Crippen LogP contribution in [-0.4, -0.2) is 19.5 Å². The Morgan fingerprint density at radius 3 is 2.10 bits per heavy atom. The Morgan fingerprint density at radius 2 is 1.52 bits per heavy atom. The zero-order valence-corrected chi connectivity index (χ0v) is 13.3. The van der Waals surface area contributed by atoms with E-state index in [0.29, 0.717) is 12.1 Å². The molecule has 0 radical (unpaired) electrons. The molecule has 1 aromatic carbocycles. The van der Waals surface area contributed by atoms with Crippen LogP contribution in [0.15, 0.2) is 24.3 Å². The molecule has 0 fully saturated rings. The molecule has 0 spiro atoms. The highest BCUT2D eigenvalue weighted by Crippen LogP contribution is 2.06. The summed E-state index contributed by atoms with van der Waals surface area (Å²) in [6.07, 6.45) is 8.62. The average Bonchev–Trinajstić information content (AvgIpc) is 2.52. The minimum Gasteiger partial charge on any atom is -0.352 e. The van der Waals surface area contributed by atoms with Gasteiger partial charge in [-0.05, 0) is 37.7 Å². The highest BCUT2D eigenvalue weighted by Gasteiger charge is 2.03. The van der Waals surface area contributed by atoms with Gasteiger partial charge in [0.1, 0.15) is 5.82 Å². The van der Waals surface area contributed by atoms with Gasteiger partial charge in [0.25, 0.3) is 5.91 Å². The molecule has 1 amide bonds. The predicted molar refractivity (Wildman–Crippen MR) is 86.8 cm³/mol. The molecule has 0 aliphatic heterocycles. The first-order valence-electron chi connectivity index (χ1n) is 7.85. The number of rotatable bonds is 9. The fourth-order valence-corrected chi connectivity index (χ4v) is 1.99. The highest BCUT2D eigenvalue weighted by molar-refractivity contribution is 5.94. The second-order valence-corrected chi connectivity index (χ2v) is 4.88. The average molecular weight is 296 g/mol. The maximum atomic E-state index is 12.7. The molecule has 1 aromatic rings. The van der Waals surface area contributed by atoms with Gasteiger partial charge in [0, 0.05) is 12.1 Å². The molecule has 0 aliphatic carbocycles. The number of carbonyl (C=O) groups is 1. The molecule has 0 unspecified atom stereocenters. The molecule has 0 bridgehead atoms. The van der Waals surface area contributed by atoms with Crippen LogP contribution in [0.4, 0.5) is 4.39 Å². The van der Waals surface area contributed by atoms with Gasteiger partial charge in [-0.15, -0.1) is 0 Å². The van der Waals surface area contributed by atoms with Gasteiger partial charge in [-0.2, -0.15) is 0 Å². The summed E-state index contributed by atoms with van der Waals surface area (Å²) in [6, 6.07) is 5.64. The van der Waals surface area contributed by atoms with Crippen molar-refractivity contribution in [3.63, 3.8) is 0 Å². The summed E-state index contributed by atoms with van der Waals surface area (Å²) in [7, 11) is 1.50. The largest absolute Gasteiger partial charge is 0.352 e. The normalized spacial score (nSPS) is 9.71. The first-order valence-corrected chi connectivity index (χ1v) is 7.85. The van der Waals surface area contributed by atoms with E-state index in [2.05, 4.69) is 18.0 Å². The summed E-state index contributed by atoms with van der Waals surface area (Å²) in [5.41, 5.74) is 5.02. The van der Waals surface area contributed by atoms with E-state index >= 15 is 0 Å². The van der Waals surface area contributed by atoms with Gasteiger partial charge in [-0.25, -0.2) is 4.39 Å². The summed E-state index contributed by atoms with van der Waals surface area (Å²) in [4.78, 5) is 11.7. The topological polar surface area (TPSA) is 55.1 Å². The summed E-state index contributed by atoms with van der Waals surface area (Å²) in [6.45, 7) is 2.91. The van der Waals surface area contributed by atoms with Crippen LogP contribution < -0.4 is 11.1 Å². The number of amides is 1. The molecule has 120 valence electrons. The van der Waals surface area contributed by atoms with E-state index in [4.69, 9.17) is 0 Å². The van der Waals surface area contributed by atoms with E-state index in [-0.39, 0.29) is 11.7 Å². The van der Waals surface area contributed by atoms with E-state index in [1.54, 1.807) is 0 Å². The molecule has 3 nitrogen and oxygen atoms in total. The number of nitrogens with one attached hydrogen (secondary N) is 1. The van der Waals surface area contributed by atoms with Crippen molar-refractivity contribution in [2.24, 2.45) is 5.73 Å². The van der Waals surface area contributed by atoms with E-state index in [9.17, 15) is 9.18 Å². The predicted octanol–water partition coefficient (Wildman–Crippen LogP) is 3.88. The lowest BCUT2D eigenvalue weighted by molar-refractivity contribution is 0.0953. The van der Waals surface area contributed by atoms with Crippen molar-refractivity contribution in [2.45, 2.75) is 51.9 Å². The Hall–Kier alpha value is -1.42. The standard InChI is InChI=1S/C16H24FNO.CH5N/c1-2-3-4-5-6-7-8-13-18-16(19)14-9-11-15(17)12-10-14;1-2/h9-12H,2-8,13H2,1H3,(H,18,19);2H2,1H3. The number of carbonyl (C=O) groups excluding carboxylic acids is 1. The minimum atomic E-state index is -0.316. The van der Waals surface area contributed by atoms with Gasteiger partial charge in [-0.3, -0.25) is 4.79 Å². The molecule has 0 saturated carbocycles. The zero-order valence-electron chi connectivity index (χ0n) is 13.3. The number of benzene rings is 1. The van der Waals surface area contributed by atoms with Gasteiger partial charge >= 0.3 is 0 Å². The summed E-state index contributed by atoms with van der Waals surface area (Å²) in [5, 5.41) is 2.86. The molecule has 21 heavy (non-hydrogen) atoms. The summed E-state index contributed by atoms with van der Waals surface area (Å²) < 4.78 is 12.7. The third kappa shape index (κ3) is 10.0. The van der Waals surface area contributed by atoms with Crippen LogP contribution in [0.3, 0.4) is 0 Å². The molecular weight excluding hydrogens is 267 g/mol. The van der Waals surface area contributed by atoms with Crippen molar-refractivity contribution in [1.82, 2.24) is 5.32 Å². The molecule has 1 rings (SSSR count). The summed E-state index contributed by atoms with van der Waals surface area (Å²) in [5.74, 6) is -0.436. The first kappa shape index (κ1) is 19.6. The van der Waals surface area contributed by atoms with E-state index in [1.165, 1.54) is 63.4 Å². The monoisotopic (exact) mass is 296 g/mol. The molecule has 0 aromatic heterocycles. The van der Waals surface area contributed by atoms with Crippen molar-refractivity contribution >= 4 is 5.91 Å². The van der Waals surface area contributed by atoms with Gasteiger partial charge < -0.3 is 11.1 Å². The van der Waals surface area contributed by atoms with Crippen molar-refractivity contribution in [1.29, 1.82) is 0 Å². The van der Waals surface area contributed by atoms with E-state index < -0.39 is 0 Å². The van der Waals surface area contributed by atoms with Crippen LogP contribution in [0.1, 0.15) is 62.2 Å². The van der Waals surface area contributed by atoms with Crippen LogP contribution in [0, 0.1) is 5.82 Å². The summed E-state index contributed by atoms with van der Waals surface area (Å²) >= 11 is 0. The molecule has 0 saturated heterocycles. The second kappa shape index (κ2) is 13.6. The van der Waals surface area contributed by atoms with E-state index in [1.807, 2.05) is 0 Å². The van der Waals surface area contributed by atoms with Crippen molar-refractivity contribution in [3.8, 4) is 0 Å². The Balaban J connectivity index is 0.00000191. The van der Waals surface area contributed by atoms with Crippen molar-refractivity contribution < 1.29 is 9.18 Å². The lowest BCUT2D eigenvalue weighted by Crippen LogP contribution is -2.24. The van der Waals surface area contributed by atoms with Crippen LogP contribution in [-0.2, 0) is 0 Å². The van der Waals surface area contributed by atoms with Crippen LogP contribution >= 0.6 is 0 Å². The third-order valence-electron chi connectivity index (χ3n) is 3.17. The highest BCUT2D eigenvalue weighted by atomic mass is 19.1. The van der Waals surface area contributed by atoms with Gasteiger partial charge in [-0.1, -0.05) is 45.4 Å². The quantitative estimate of drug-likeness (QED) is 0.679. The fourth-order valence-electron chi connectivity index (χ4n) is 1.99. The zero-order chi connectivity index (χ0) is 15.9. The number of hydrogen-bond donors (Lipinski definition) is 2. The smallest absolute Gasteiger partial charge is 0.251 e. The van der Waals surface area contributed by atoms with Crippen LogP contribution in [0.5, 0.6) is 0 Å². The number of hydrogen-bond acceptors (Lipinski definition) is 2. The third-order valence-corrected chi connectivity index (χ3v) is 3.17. The Kier molecular flexibility index (Phi) is 12.6.